The van der Waals surface area contributed by atoms with E-state index in [1.165, 1.54) is 0 Å². The van der Waals surface area contributed by atoms with E-state index in [4.69, 9.17) is 5.73 Å². The van der Waals surface area contributed by atoms with E-state index in [1.807, 2.05) is 20.0 Å². The lowest BCUT2D eigenvalue weighted by Gasteiger charge is -2.06. The molecule has 0 amide bonds. The number of hydrogen-bond acceptors (Lipinski definition) is 4. The number of nitrogens with zero attached hydrogens (tertiary/aromatic N) is 2. The van der Waals surface area contributed by atoms with E-state index in [1.54, 1.807) is 6.07 Å². The number of phenolic OH excluding ortho intramolecular Hbond substituents is 1. The molecule has 1 rings (SSSR count). The zero-order valence-electron chi connectivity index (χ0n) is 9.48. The predicted molar refractivity (Wildman–Crippen MR) is 70.7 cm³/mol. The van der Waals surface area contributed by atoms with Crippen LogP contribution in [0.2, 0.25) is 0 Å². The van der Waals surface area contributed by atoms with Gasteiger partial charge in [0.2, 0.25) is 0 Å². The average Bonchev–Trinajstić information content (AvgIpc) is 2.28. The lowest BCUT2D eigenvalue weighted by molar-refractivity contribution is 0.479. The highest BCUT2D eigenvalue weighted by molar-refractivity contribution is 6.34. The maximum absolute atomic E-state index is 9.44. The molecule has 0 spiro atoms. The summed E-state index contributed by atoms with van der Waals surface area (Å²) in [4.78, 5) is 0. The molecular weight excluding hydrogens is 201 g/mol. The molecule has 0 aliphatic heterocycles. The first-order chi connectivity index (χ1) is 7.69. The lowest BCUT2D eigenvalue weighted by Crippen LogP contribution is -2.10. The SMILES string of the molecule is Bc1cc(/C(CCCN)=N/N=C)ccc1O. The lowest BCUT2D eigenvalue weighted by atomic mass is 9.91. The summed E-state index contributed by atoms with van der Waals surface area (Å²) in [7, 11) is 1.85. The highest BCUT2D eigenvalue weighted by atomic mass is 16.3. The van der Waals surface area contributed by atoms with Crippen molar-refractivity contribution in [3.63, 3.8) is 0 Å². The molecule has 4 nitrogen and oxygen atoms in total. The number of phenols is 1. The first-order valence-corrected chi connectivity index (χ1v) is 5.21. The second kappa shape index (κ2) is 6.07. The van der Waals surface area contributed by atoms with Gasteiger partial charge in [-0.1, -0.05) is 6.07 Å². The Kier molecular flexibility index (Phi) is 4.73. The first-order valence-electron chi connectivity index (χ1n) is 5.21. The van der Waals surface area contributed by atoms with Gasteiger partial charge in [0, 0.05) is 6.72 Å². The van der Waals surface area contributed by atoms with Crippen molar-refractivity contribution in [1.82, 2.24) is 0 Å². The molecule has 5 heteroatoms. The Labute approximate surface area is 96.3 Å². The summed E-state index contributed by atoms with van der Waals surface area (Å²) < 4.78 is 0. The Morgan fingerprint density at radius 3 is 2.81 bits per heavy atom. The van der Waals surface area contributed by atoms with Gasteiger partial charge in [-0.3, -0.25) is 0 Å². The largest absolute Gasteiger partial charge is 0.509 e. The van der Waals surface area contributed by atoms with Crippen molar-refractivity contribution < 1.29 is 5.11 Å². The van der Waals surface area contributed by atoms with E-state index >= 15 is 0 Å². The Balaban J connectivity index is 2.97. The van der Waals surface area contributed by atoms with Crippen LogP contribution in [0.4, 0.5) is 0 Å². The molecule has 0 saturated carbocycles. The van der Waals surface area contributed by atoms with Crippen LogP contribution in [0, 0.1) is 0 Å². The van der Waals surface area contributed by atoms with Crippen LogP contribution in [0.15, 0.2) is 28.4 Å². The molecule has 0 heterocycles. The van der Waals surface area contributed by atoms with Crippen molar-refractivity contribution in [1.29, 1.82) is 0 Å². The minimum Gasteiger partial charge on any atom is -0.509 e. The molecule has 3 N–H and O–H groups in total. The Morgan fingerprint density at radius 2 is 2.25 bits per heavy atom. The summed E-state index contributed by atoms with van der Waals surface area (Å²) in [6.45, 7) is 3.97. The molecule has 0 atom stereocenters. The van der Waals surface area contributed by atoms with Gasteiger partial charge in [0.1, 0.15) is 13.6 Å². The van der Waals surface area contributed by atoms with E-state index < -0.39 is 0 Å². The summed E-state index contributed by atoms with van der Waals surface area (Å²) in [6.07, 6.45) is 1.62. The highest BCUT2D eigenvalue weighted by Crippen LogP contribution is 2.10. The Hall–Kier alpha value is -1.62. The van der Waals surface area contributed by atoms with Crippen molar-refractivity contribution in [2.75, 3.05) is 6.54 Å². The number of aromatic hydroxyl groups is 1. The molecule has 1 aromatic rings. The molecular formula is C11H16BN3O. The predicted octanol–water partition coefficient (Wildman–Crippen LogP) is -0.206. The van der Waals surface area contributed by atoms with E-state index in [9.17, 15) is 5.11 Å². The molecule has 1 aromatic carbocycles. The van der Waals surface area contributed by atoms with Crippen molar-refractivity contribution in [3.05, 3.63) is 23.8 Å². The van der Waals surface area contributed by atoms with Gasteiger partial charge in [-0.05, 0) is 42.5 Å². The zero-order valence-corrected chi connectivity index (χ0v) is 9.48. The number of hydrogen-bond donors (Lipinski definition) is 2. The molecule has 0 aromatic heterocycles. The summed E-state index contributed by atoms with van der Waals surface area (Å²) in [6, 6.07) is 5.37. The molecule has 0 radical (unpaired) electrons. The molecule has 0 aliphatic carbocycles. The molecule has 0 fully saturated rings. The van der Waals surface area contributed by atoms with Crippen LogP contribution in [0.25, 0.3) is 0 Å². The van der Waals surface area contributed by atoms with Crippen LogP contribution >= 0.6 is 0 Å². The average molecular weight is 217 g/mol. The normalized spacial score (nSPS) is 11.4. The van der Waals surface area contributed by atoms with Crippen molar-refractivity contribution in [2.24, 2.45) is 15.9 Å². The maximum atomic E-state index is 9.44. The smallest absolute Gasteiger partial charge is 0.144 e. The molecule has 84 valence electrons. The second-order valence-electron chi connectivity index (χ2n) is 3.58. The van der Waals surface area contributed by atoms with Crippen LogP contribution in [0.1, 0.15) is 18.4 Å². The maximum Gasteiger partial charge on any atom is 0.144 e. The molecule has 0 saturated heterocycles. The fourth-order valence-corrected chi connectivity index (χ4v) is 1.44. The zero-order chi connectivity index (χ0) is 12.0. The Morgan fingerprint density at radius 1 is 1.50 bits per heavy atom. The third-order valence-electron chi connectivity index (χ3n) is 2.34. The summed E-state index contributed by atoms with van der Waals surface area (Å²) in [5, 5.41) is 17.0. The van der Waals surface area contributed by atoms with Gasteiger partial charge in [0.15, 0.2) is 0 Å². The summed E-state index contributed by atoms with van der Waals surface area (Å²) in [5.74, 6) is 0.286. The number of rotatable bonds is 5. The minimum absolute atomic E-state index is 0.286. The van der Waals surface area contributed by atoms with Crippen LogP contribution in [-0.4, -0.2) is 31.9 Å². The fourth-order valence-electron chi connectivity index (χ4n) is 1.44. The monoisotopic (exact) mass is 217 g/mol. The third-order valence-corrected chi connectivity index (χ3v) is 2.34. The molecule has 16 heavy (non-hydrogen) atoms. The van der Waals surface area contributed by atoms with E-state index in [-0.39, 0.29) is 5.75 Å². The van der Waals surface area contributed by atoms with E-state index in [0.717, 1.165) is 29.6 Å². The fraction of sp³-hybridized carbons (Fsp3) is 0.273. The van der Waals surface area contributed by atoms with Crippen LogP contribution in [0.5, 0.6) is 5.75 Å². The summed E-state index contributed by atoms with van der Waals surface area (Å²) in [5.41, 5.74) is 8.09. The van der Waals surface area contributed by atoms with Crippen molar-refractivity contribution >= 4 is 25.7 Å². The Bertz CT molecular complexity index is 404. The van der Waals surface area contributed by atoms with Gasteiger partial charge >= 0.3 is 0 Å². The van der Waals surface area contributed by atoms with Crippen LogP contribution < -0.4 is 11.2 Å². The second-order valence-corrected chi connectivity index (χ2v) is 3.58. The molecule has 0 bridgehead atoms. The van der Waals surface area contributed by atoms with Gasteiger partial charge in [-0.2, -0.15) is 10.2 Å². The molecule has 0 unspecified atom stereocenters. The van der Waals surface area contributed by atoms with Gasteiger partial charge in [0.25, 0.3) is 0 Å². The van der Waals surface area contributed by atoms with Crippen molar-refractivity contribution in [3.8, 4) is 5.75 Å². The van der Waals surface area contributed by atoms with Crippen LogP contribution in [0.3, 0.4) is 0 Å². The topological polar surface area (TPSA) is 71.0 Å². The van der Waals surface area contributed by atoms with Gasteiger partial charge < -0.3 is 10.8 Å². The first kappa shape index (κ1) is 12.5. The number of nitrogens with two attached hydrogens (primary N) is 1. The van der Waals surface area contributed by atoms with Gasteiger partial charge in [0.05, 0.1) is 5.71 Å². The highest BCUT2D eigenvalue weighted by Gasteiger charge is 2.05. The van der Waals surface area contributed by atoms with E-state index in [2.05, 4.69) is 16.9 Å². The quantitative estimate of drug-likeness (QED) is 0.407. The molecule has 0 aliphatic rings. The van der Waals surface area contributed by atoms with Gasteiger partial charge in [-0.15, -0.1) is 0 Å². The summed E-state index contributed by atoms with van der Waals surface area (Å²) >= 11 is 0. The standard InChI is InChI=1S/C11H16BN3O/c1-14-15-10(3-2-6-13)8-4-5-11(16)9(12)7-8/h4-5,7,16H,1-3,6,12-13H2/b15-10+. The van der Waals surface area contributed by atoms with Crippen molar-refractivity contribution in [2.45, 2.75) is 12.8 Å². The van der Waals surface area contributed by atoms with E-state index in [0.29, 0.717) is 6.54 Å². The van der Waals surface area contributed by atoms with Crippen LogP contribution in [-0.2, 0) is 0 Å². The minimum atomic E-state index is 0.286. The third kappa shape index (κ3) is 3.20. The number of benzene rings is 1. The van der Waals surface area contributed by atoms with Gasteiger partial charge in [-0.25, -0.2) is 0 Å².